The van der Waals surface area contributed by atoms with Gasteiger partial charge in [-0.15, -0.1) is 0 Å². The summed E-state index contributed by atoms with van der Waals surface area (Å²) in [6.07, 6.45) is 3.01. The third kappa shape index (κ3) is 6.96. The first-order valence-corrected chi connectivity index (χ1v) is 12.3. The molecule has 0 saturated heterocycles. The molecule has 2 heterocycles. The van der Waals surface area contributed by atoms with E-state index in [-0.39, 0.29) is 12.3 Å². The van der Waals surface area contributed by atoms with Crippen molar-refractivity contribution >= 4 is 40.8 Å². The molecule has 0 spiro atoms. The number of Topliss-reactive ketones (excluding diaryl/α,β-unsaturated/α-hetero) is 1. The Kier molecular flexibility index (Phi) is 8.73. The van der Waals surface area contributed by atoms with Gasteiger partial charge in [0, 0.05) is 30.4 Å². The topological polar surface area (TPSA) is 129 Å². The zero-order valence-electron chi connectivity index (χ0n) is 20.0. The highest BCUT2D eigenvalue weighted by Gasteiger charge is 2.21. The van der Waals surface area contributed by atoms with E-state index in [1.54, 1.807) is 42.7 Å². The Morgan fingerprint density at radius 2 is 1.79 bits per heavy atom. The van der Waals surface area contributed by atoms with Crippen molar-refractivity contribution < 1.29 is 19.1 Å². The Balaban J connectivity index is 1.44. The monoisotopic (exact) mass is 551 g/mol. The number of carbonyl (C=O) groups is 3. The van der Waals surface area contributed by atoms with E-state index in [0.717, 1.165) is 11.1 Å². The van der Waals surface area contributed by atoms with Crippen LogP contribution in [-0.2, 0) is 20.8 Å². The number of aromatic nitrogens is 3. The molecule has 2 aromatic carbocycles. The maximum absolute atomic E-state index is 12.6. The van der Waals surface area contributed by atoms with Crippen molar-refractivity contribution in [1.82, 2.24) is 20.1 Å². The maximum atomic E-state index is 12.6. The molecule has 0 bridgehead atoms. The minimum atomic E-state index is -0.947. The SMILES string of the molecule is NC(=O)[C@H](Cc1ccccc1)NC(=O)CC(=O)COc1cc(-c2cccnc2)nn1-c1ccc(Cl)c(Cl)c1. The molecule has 0 aliphatic rings. The lowest BCUT2D eigenvalue weighted by atomic mass is 10.1. The molecule has 0 unspecified atom stereocenters. The number of ketones is 1. The standard InChI is InChI=1S/C27H23Cl2N5O4/c28-21-9-8-19(12-22(21)29)34-26(14-23(33-34)18-7-4-10-31-15-18)38-16-20(35)13-25(36)32-24(27(30)37)11-17-5-2-1-3-6-17/h1-10,12,14-15,24H,11,13,16H2,(H2,30,37)(H,32,36)/t24-/m0/s1. The molecule has 0 aliphatic heterocycles. The van der Waals surface area contributed by atoms with Crippen molar-refractivity contribution in [3.63, 3.8) is 0 Å². The Morgan fingerprint density at radius 1 is 1.00 bits per heavy atom. The zero-order valence-corrected chi connectivity index (χ0v) is 21.5. The van der Waals surface area contributed by atoms with Crippen LogP contribution in [0.5, 0.6) is 5.88 Å². The third-order valence-electron chi connectivity index (χ3n) is 5.48. The van der Waals surface area contributed by atoms with Crippen molar-refractivity contribution in [2.45, 2.75) is 18.9 Å². The minimum Gasteiger partial charge on any atom is -0.470 e. The molecule has 0 radical (unpaired) electrons. The molecule has 3 N–H and O–H groups in total. The second-order valence-corrected chi connectivity index (χ2v) is 9.15. The lowest BCUT2D eigenvalue weighted by Gasteiger charge is -2.15. The molecule has 194 valence electrons. The highest BCUT2D eigenvalue weighted by Crippen LogP contribution is 2.29. The first-order chi connectivity index (χ1) is 18.3. The summed E-state index contributed by atoms with van der Waals surface area (Å²) in [4.78, 5) is 41.0. The molecule has 11 heteroatoms. The summed E-state index contributed by atoms with van der Waals surface area (Å²) in [6, 6.07) is 18.3. The Labute approximate surface area is 228 Å². The van der Waals surface area contributed by atoms with Gasteiger partial charge < -0.3 is 15.8 Å². The number of nitrogens with two attached hydrogens (primary N) is 1. The van der Waals surface area contributed by atoms with Crippen LogP contribution < -0.4 is 15.8 Å². The summed E-state index contributed by atoms with van der Waals surface area (Å²) in [5.41, 5.74) is 8.11. The van der Waals surface area contributed by atoms with E-state index in [1.807, 2.05) is 36.4 Å². The van der Waals surface area contributed by atoms with Crippen LogP contribution in [0.3, 0.4) is 0 Å². The Morgan fingerprint density at radius 3 is 2.47 bits per heavy atom. The van der Waals surface area contributed by atoms with E-state index >= 15 is 0 Å². The summed E-state index contributed by atoms with van der Waals surface area (Å²) in [6.45, 7) is -0.410. The summed E-state index contributed by atoms with van der Waals surface area (Å²) >= 11 is 12.2. The number of rotatable bonds is 11. The van der Waals surface area contributed by atoms with Gasteiger partial charge in [-0.05, 0) is 35.9 Å². The fourth-order valence-corrected chi connectivity index (χ4v) is 3.92. The molecule has 2 aromatic heterocycles. The van der Waals surface area contributed by atoms with Crippen LogP contribution in [-0.4, -0.2) is 45.0 Å². The normalized spacial score (nSPS) is 11.5. The number of nitrogens with zero attached hydrogens (tertiary/aromatic N) is 3. The highest BCUT2D eigenvalue weighted by atomic mass is 35.5. The smallest absolute Gasteiger partial charge is 0.240 e. The van der Waals surface area contributed by atoms with E-state index < -0.39 is 36.7 Å². The summed E-state index contributed by atoms with van der Waals surface area (Å²) in [5, 5.41) is 7.79. The van der Waals surface area contributed by atoms with Crippen LogP contribution in [0, 0.1) is 0 Å². The van der Waals surface area contributed by atoms with Crippen LogP contribution in [0.1, 0.15) is 12.0 Å². The number of nitrogens with one attached hydrogen (secondary N) is 1. The number of hydrogen-bond acceptors (Lipinski definition) is 6. The zero-order chi connectivity index (χ0) is 27.1. The number of primary amides is 1. The van der Waals surface area contributed by atoms with Crippen molar-refractivity contribution in [3.8, 4) is 22.8 Å². The van der Waals surface area contributed by atoms with Gasteiger partial charge in [-0.2, -0.15) is 5.10 Å². The summed E-state index contributed by atoms with van der Waals surface area (Å²) in [5.74, 6) is -1.59. The number of hydrogen-bond donors (Lipinski definition) is 2. The van der Waals surface area contributed by atoms with Crippen molar-refractivity contribution in [1.29, 1.82) is 0 Å². The third-order valence-corrected chi connectivity index (χ3v) is 6.22. The van der Waals surface area contributed by atoms with Crippen LogP contribution in [0.4, 0.5) is 0 Å². The molecule has 9 nitrogen and oxygen atoms in total. The second kappa shape index (κ2) is 12.4. The van der Waals surface area contributed by atoms with Crippen molar-refractivity contribution in [2.24, 2.45) is 5.73 Å². The number of ether oxygens (including phenoxy) is 1. The largest absolute Gasteiger partial charge is 0.470 e. The number of pyridine rings is 1. The fourth-order valence-electron chi connectivity index (χ4n) is 3.63. The summed E-state index contributed by atoms with van der Waals surface area (Å²) < 4.78 is 7.23. The van der Waals surface area contributed by atoms with E-state index in [4.69, 9.17) is 33.7 Å². The summed E-state index contributed by atoms with van der Waals surface area (Å²) in [7, 11) is 0. The molecule has 4 aromatic rings. The van der Waals surface area contributed by atoms with E-state index in [9.17, 15) is 14.4 Å². The maximum Gasteiger partial charge on any atom is 0.240 e. The lowest BCUT2D eigenvalue weighted by Crippen LogP contribution is -2.46. The average Bonchev–Trinajstić information content (AvgIpc) is 3.34. The molecule has 0 aliphatic carbocycles. The molecular formula is C27H23Cl2N5O4. The second-order valence-electron chi connectivity index (χ2n) is 8.34. The predicted molar refractivity (Wildman–Crippen MR) is 143 cm³/mol. The molecule has 0 saturated carbocycles. The van der Waals surface area contributed by atoms with Gasteiger partial charge in [0.05, 0.1) is 27.8 Å². The quantitative estimate of drug-likeness (QED) is 0.273. The lowest BCUT2D eigenvalue weighted by molar-refractivity contribution is -0.132. The number of carbonyl (C=O) groups excluding carboxylic acids is 3. The van der Waals surface area contributed by atoms with Gasteiger partial charge in [0.15, 0.2) is 5.78 Å². The van der Waals surface area contributed by atoms with E-state index in [2.05, 4.69) is 15.4 Å². The highest BCUT2D eigenvalue weighted by molar-refractivity contribution is 6.42. The van der Waals surface area contributed by atoms with E-state index in [1.165, 1.54) is 4.68 Å². The molecule has 4 rings (SSSR count). The van der Waals surface area contributed by atoms with Gasteiger partial charge in [0.2, 0.25) is 17.7 Å². The van der Waals surface area contributed by atoms with Crippen LogP contribution in [0.15, 0.2) is 79.1 Å². The first kappa shape index (κ1) is 26.8. The van der Waals surface area contributed by atoms with Crippen LogP contribution in [0.25, 0.3) is 16.9 Å². The molecular weight excluding hydrogens is 529 g/mol. The Bertz CT molecular complexity index is 1440. The molecule has 0 fully saturated rings. The fraction of sp³-hybridized carbons (Fsp3) is 0.148. The van der Waals surface area contributed by atoms with Crippen LogP contribution >= 0.6 is 23.2 Å². The van der Waals surface area contributed by atoms with Gasteiger partial charge in [0.25, 0.3) is 0 Å². The van der Waals surface area contributed by atoms with E-state index in [0.29, 0.717) is 21.4 Å². The first-order valence-electron chi connectivity index (χ1n) is 11.5. The number of benzene rings is 2. The molecule has 1 atom stereocenters. The Hall–Kier alpha value is -4.21. The molecule has 38 heavy (non-hydrogen) atoms. The van der Waals surface area contributed by atoms with Gasteiger partial charge in [-0.1, -0.05) is 53.5 Å². The minimum absolute atomic E-state index is 0.215. The average molecular weight is 552 g/mol. The number of halogens is 2. The van der Waals surface area contributed by atoms with Crippen molar-refractivity contribution in [3.05, 3.63) is 94.7 Å². The van der Waals surface area contributed by atoms with Gasteiger partial charge in [-0.25, -0.2) is 4.68 Å². The predicted octanol–water partition coefficient (Wildman–Crippen LogP) is 3.79. The van der Waals surface area contributed by atoms with Crippen molar-refractivity contribution in [2.75, 3.05) is 6.61 Å². The van der Waals surface area contributed by atoms with Gasteiger partial charge in [0.1, 0.15) is 12.6 Å². The van der Waals surface area contributed by atoms with Gasteiger partial charge in [-0.3, -0.25) is 19.4 Å². The van der Waals surface area contributed by atoms with Crippen LogP contribution in [0.2, 0.25) is 10.0 Å². The van der Waals surface area contributed by atoms with Gasteiger partial charge >= 0.3 is 0 Å². The number of amides is 2. The molecule has 2 amide bonds.